The molecule has 294 valence electrons. The van der Waals surface area contributed by atoms with Gasteiger partial charge in [0, 0.05) is 17.7 Å². The van der Waals surface area contributed by atoms with Gasteiger partial charge in [-0.3, -0.25) is 13.9 Å². The zero-order valence-corrected chi connectivity index (χ0v) is 32.5. The fraction of sp³-hybridized carbons (Fsp3) is 0.447. The molecule has 9 rings (SSSR count). The van der Waals surface area contributed by atoms with Gasteiger partial charge in [0.2, 0.25) is 5.91 Å². The maximum absolute atomic E-state index is 14.1. The standard InChI is InChI=1S/C31H37N5O7S.C7H8O3S/c1-18-22(29(31(40)41)34-28(18)26(19(2)37)30(34)39)16-33-23-5-3-4-21-14-20(15-24(27(21)23)44(33,42)43)6-7-35-8-11-36(12-9-35,13-10-35)17-25(32)38;1-6-2-4-7(5-3-6)11(8,9)10/h3-5,14-15,18-19,26,28,37H,6-13,16-17H2,1-2H3,(H-2,32,38,40,41);2-5H,1H3,(H,8,9,10)/t18-,19+,26?,28?,35?,36?;/m0./s1. The highest BCUT2D eigenvalue weighted by Gasteiger charge is 2.59. The number of aliphatic carboxylic acids is 1. The number of aliphatic hydroxyl groups is 1. The Bertz CT molecular complexity index is 2340. The second-order valence-electron chi connectivity index (χ2n) is 15.8. The van der Waals surface area contributed by atoms with Gasteiger partial charge in [-0.2, -0.15) is 0 Å². The first-order valence-corrected chi connectivity index (χ1v) is 21.2. The Morgan fingerprint density at radius 2 is 1.64 bits per heavy atom. The van der Waals surface area contributed by atoms with Gasteiger partial charge in [-0.25, -0.2) is 16.8 Å². The minimum Gasteiger partial charge on any atom is -0.744 e. The van der Waals surface area contributed by atoms with Crippen LogP contribution in [0.4, 0.5) is 5.69 Å². The molecular weight excluding hydrogens is 751 g/mol. The molecule has 55 heavy (non-hydrogen) atoms. The Labute approximate surface area is 320 Å². The summed E-state index contributed by atoms with van der Waals surface area (Å²) in [5.41, 5.74) is 7.86. The zero-order valence-electron chi connectivity index (χ0n) is 30.9. The number of amides is 2. The first kappa shape index (κ1) is 38.9. The number of primary amides is 1. The molecule has 0 aromatic heterocycles. The number of piperazine rings is 3. The molecule has 2 unspecified atom stereocenters. The number of carbonyl (C=O) groups excluding carboxylic acids is 3. The minimum atomic E-state index is -4.27. The largest absolute Gasteiger partial charge is 0.744 e. The van der Waals surface area contributed by atoms with E-state index in [0.29, 0.717) is 29.6 Å². The SMILES string of the molecule is C[C@@H](O)C1C(=O)N2C(C(=O)[O-])=C(CN3c4cccc5cc(CC[N+]67CC[N+](CC(N)=O)(CC6)CC7)cc(c45)S3(=O)=O)[C@H](C)C12.Cc1ccc(S(=O)(=O)[O-])cc1. The van der Waals surface area contributed by atoms with E-state index in [9.17, 15) is 46.0 Å². The molecule has 3 aromatic rings. The predicted molar refractivity (Wildman–Crippen MR) is 197 cm³/mol. The molecule has 3 aromatic carbocycles. The summed E-state index contributed by atoms with van der Waals surface area (Å²) in [6.45, 7) is 11.8. The molecule has 15 nitrogen and oxygen atoms in total. The number of carboxylic acids is 1. The first-order valence-electron chi connectivity index (χ1n) is 18.3. The third-order valence-electron chi connectivity index (χ3n) is 12.5. The third-order valence-corrected chi connectivity index (χ3v) is 15.1. The van der Waals surface area contributed by atoms with Crippen LogP contribution in [0.5, 0.6) is 0 Å². The summed E-state index contributed by atoms with van der Waals surface area (Å²) in [5, 5.41) is 23.9. The lowest BCUT2D eigenvalue weighted by molar-refractivity contribution is -1.08. The number of β-lactam (4-membered cyclic amide) rings is 1. The van der Waals surface area contributed by atoms with Crippen molar-refractivity contribution in [2.45, 2.75) is 49.1 Å². The topological polar surface area (TPSA) is 218 Å². The van der Waals surface area contributed by atoms with E-state index < -0.39 is 56.0 Å². The zero-order chi connectivity index (χ0) is 39.8. The molecule has 0 aliphatic carbocycles. The molecule has 6 aliphatic heterocycles. The molecular formula is C38H45N5O10S2. The van der Waals surface area contributed by atoms with Crippen LogP contribution in [0.15, 0.2) is 75.7 Å². The fourth-order valence-electron chi connectivity index (χ4n) is 9.32. The van der Waals surface area contributed by atoms with Crippen LogP contribution in [0.25, 0.3) is 10.8 Å². The molecule has 4 saturated heterocycles. The molecule has 0 spiro atoms. The van der Waals surface area contributed by atoms with Gasteiger partial charge >= 0.3 is 0 Å². The molecule has 4 fully saturated rings. The van der Waals surface area contributed by atoms with Crippen LogP contribution in [0.1, 0.15) is 25.0 Å². The summed E-state index contributed by atoms with van der Waals surface area (Å²) in [6.07, 6.45) is -0.257. The van der Waals surface area contributed by atoms with Crippen LogP contribution in [-0.2, 0) is 40.9 Å². The number of nitrogens with zero attached hydrogens (tertiary/aromatic N) is 4. The van der Waals surface area contributed by atoms with E-state index in [0.717, 1.165) is 76.2 Å². The van der Waals surface area contributed by atoms with Crippen molar-refractivity contribution in [3.63, 3.8) is 0 Å². The van der Waals surface area contributed by atoms with Gasteiger partial charge < -0.3 is 39.2 Å². The Kier molecular flexibility index (Phi) is 9.66. The van der Waals surface area contributed by atoms with E-state index in [1.165, 1.54) is 23.4 Å². The van der Waals surface area contributed by atoms with Crippen molar-refractivity contribution in [1.29, 1.82) is 0 Å². The van der Waals surface area contributed by atoms with Crippen LogP contribution in [-0.4, -0.2) is 129 Å². The van der Waals surface area contributed by atoms with Crippen LogP contribution < -0.4 is 15.1 Å². The summed E-state index contributed by atoms with van der Waals surface area (Å²) in [6, 6.07) is 14.5. The Balaban J connectivity index is 0.000000366. The number of sulfonamides is 1. The normalized spacial score (nSPS) is 28.1. The number of hydrogen-bond acceptors (Lipinski definition) is 10. The number of anilines is 1. The van der Waals surface area contributed by atoms with E-state index in [2.05, 4.69) is 0 Å². The van der Waals surface area contributed by atoms with Crippen LogP contribution in [0, 0.1) is 18.8 Å². The van der Waals surface area contributed by atoms with Crippen molar-refractivity contribution < 1.29 is 55.0 Å². The summed E-state index contributed by atoms with van der Waals surface area (Å²) in [4.78, 5) is 37.9. The van der Waals surface area contributed by atoms with Crippen molar-refractivity contribution >= 4 is 54.4 Å². The molecule has 17 heteroatoms. The lowest BCUT2D eigenvalue weighted by Crippen LogP contribution is -2.76. The van der Waals surface area contributed by atoms with Crippen molar-refractivity contribution in [2.24, 2.45) is 17.6 Å². The van der Waals surface area contributed by atoms with Gasteiger partial charge in [0.1, 0.15) is 49.4 Å². The Morgan fingerprint density at radius 1 is 1.02 bits per heavy atom. The number of aryl methyl sites for hydroxylation is 1. The number of aliphatic hydroxyl groups excluding tert-OH is 1. The third kappa shape index (κ3) is 6.69. The van der Waals surface area contributed by atoms with Crippen molar-refractivity contribution in [3.8, 4) is 0 Å². The van der Waals surface area contributed by atoms with E-state index in [-0.39, 0.29) is 27.9 Å². The molecule has 0 radical (unpaired) electrons. The van der Waals surface area contributed by atoms with E-state index >= 15 is 0 Å². The molecule has 4 atom stereocenters. The molecule has 6 heterocycles. The average Bonchev–Trinajstić information content (AvgIpc) is 3.49. The molecule has 2 amide bonds. The maximum Gasteiger partial charge on any atom is 0.272 e. The van der Waals surface area contributed by atoms with Crippen molar-refractivity contribution in [1.82, 2.24) is 4.90 Å². The quantitative estimate of drug-likeness (QED) is 0.156. The van der Waals surface area contributed by atoms with E-state index in [1.54, 1.807) is 37.3 Å². The number of carbonyl (C=O) groups is 3. The average molecular weight is 796 g/mol. The van der Waals surface area contributed by atoms with Gasteiger partial charge in [-0.05, 0) is 54.6 Å². The fourth-order valence-corrected chi connectivity index (χ4v) is 11.5. The summed E-state index contributed by atoms with van der Waals surface area (Å²) in [5.74, 6) is -3.50. The number of hydrogen-bond donors (Lipinski definition) is 2. The smallest absolute Gasteiger partial charge is 0.272 e. The minimum absolute atomic E-state index is 0.178. The van der Waals surface area contributed by atoms with Gasteiger partial charge in [0.05, 0.1) is 58.3 Å². The Morgan fingerprint density at radius 3 is 2.20 bits per heavy atom. The molecule has 6 aliphatic rings. The van der Waals surface area contributed by atoms with Gasteiger partial charge in [0.15, 0.2) is 6.54 Å². The molecule has 3 N–H and O–H groups in total. The van der Waals surface area contributed by atoms with Crippen LogP contribution >= 0.6 is 0 Å². The van der Waals surface area contributed by atoms with Gasteiger partial charge in [-0.1, -0.05) is 42.8 Å². The summed E-state index contributed by atoms with van der Waals surface area (Å²) in [7, 11) is -8.30. The maximum atomic E-state index is 14.1. The second kappa shape index (κ2) is 13.7. The number of fused-ring (bicyclic) bond motifs is 4. The van der Waals surface area contributed by atoms with Crippen molar-refractivity contribution in [3.05, 3.63) is 77.0 Å². The highest BCUT2D eigenvalue weighted by molar-refractivity contribution is 7.93. The Hall–Kier alpha value is -4.39. The number of nitrogens with two attached hydrogens (primary N) is 1. The highest BCUT2D eigenvalue weighted by Crippen LogP contribution is 2.49. The lowest BCUT2D eigenvalue weighted by atomic mass is 9.78. The predicted octanol–water partition coefficient (Wildman–Crippen LogP) is -0.202. The van der Waals surface area contributed by atoms with E-state index in [1.807, 2.05) is 19.1 Å². The summed E-state index contributed by atoms with van der Waals surface area (Å²) >= 11 is 0. The lowest BCUT2D eigenvalue weighted by Gasteiger charge is -2.55. The van der Waals surface area contributed by atoms with Gasteiger partial charge in [-0.15, -0.1) is 0 Å². The van der Waals surface area contributed by atoms with Gasteiger partial charge in [0.25, 0.3) is 15.9 Å². The highest BCUT2D eigenvalue weighted by atomic mass is 32.2. The molecule has 0 saturated carbocycles. The number of quaternary nitrogens is 2. The van der Waals surface area contributed by atoms with E-state index in [4.69, 9.17) is 5.73 Å². The number of rotatable bonds is 10. The van der Waals surface area contributed by atoms with Crippen LogP contribution in [0.3, 0.4) is 0 Å². The number of benzene rings is 3. The summed E-state index contributed by atoms with van der Waals surface area (Å²) < 4.78 is 62.4. The van der Waals surface area contributed by atoms with Crippen molar-refractivity contribution in [2.75, 3.05) is 63.2 Å². The first-order chi connectivity index (χ1) is 25.8. The second-order valence-corrected chi connectivity index (χ2v) is 19.0. The molecule has 2 bridgehead atoms. The van der Waals surface area contributed by atoms with Crippen LogP contribution in [0.2, 0.25) is 0 Å². The monoisotopic (exact) mass is 795 g/mol. The number of carboxylic acid groups (broad SMARTS) is 1.